The van der Waals surface area contributed by atoms with Crippen molar-refractivity contribution in [3.63, 3.8) is 0 Å². The molecule has 3 heteroatoms. The van der Waals surface area contributed by atoms with Crippen LogP contribution in [0, 0.1) is 0 Å². The molecule has 1 amide bonds. The Bertz CT molecular complexity index is 433. The summed E-state index contributed by atoms with van der Waals surface area (Å²) >= 11 is 1.78. The zero-order chi connectivity index (χ0) is 13.0. The Kier molecular flexibility index (Phi) is 4.59. The molecule has 2 rings (SSSR count). The lowest BCUT2D eigenvalue weighted by atomic mass is 10.0. The van der Waals surface area contributed by atoms with Gasteiger partial charge in [-0.1, -0.05) is 17.2 Å². The lowest BCUT2D eigenvalue weighted by molar-refractivity contribution is -0.131. The van der Waals surface area contributed by atoms with Gasteiger partial charge in [0.2, 0.25) is 5.91 Å². The van der Waals surface area contributed by atoms with Gasteiger partial charge in [0.1, 0.15) is 0 Å². The quantitative estimate of drug-likeness (QED) is 0.759. The number of carbonyl (C=O) groups excluding carboxylic acids is 1. The van der Waals surface area contributed by atoms with Crippen LogP contribution in [0.3, 0.4) is 0 Å². The Morgan fingerprint density at radius 1 is 1.39 bits per heavy atom. The molecule has 98 valence electrons. The Labute approximate surface area is 113 Å². The second-order valence-corrected chi connectivity index (χ2v) is 6.09. The van der Waals surface area contributed by atoms with Gasteiger partial charge in [-0.15, -0.1) is 11.3 Å². The number of aryl methyl sites for hydroxylation is 1. The fraction of sp³-hybridized carbons (Fsp3) is 0.533. The third kappa shape index (κ3) is 3.45. The van der Waals surface area contributed by atoms with E-state index in [1.54, 1.807) is 11.3 Å². The fourth-order valence-electron chi connectivity index (χ4n) is 2.26. The standard InChI is InChI=1S/C15H21NOS/c1-12-8-9-16(11-13(12)2)15(17)7-3-5-14-6-4-10-18-14/h4,6,10H,3,5,7-9,11H2,1-2H3. The largest absolute Gasteiger partial charge is 0.338 e. The summed E-state index contributed by atoms with van der Waals surface area (Å²) in [5.74, 6) is 0.318. The third-order valence-corrected chi connectivity index (χ3v) is 4.60. The smallest absolute Gasteiger partial charge is 0.222 e. The van der Waals surface area contributed by atoms with Crippen molar-refractivity contribution in [3.8, 4) is 0 Å². The lowest BCUT2D eigenvalue weighted by Gasteiger charge is -2.28. The summed E-state index contributed by atoms with van der Waals surface area (Å²) in [7, 11) is 0. The number of hydrogen-bond donors (Lipinski definition) is 0. The molecule has 0 radical (unpaired) electrons. The van der Waals surface area contributed by atoms with E-state index in [9.17, 15) is 4.79 Å². The van der Waals surface area contributed by atoms with Gasteiger partial charge in [0.05, 0.1) is 0 Å². The molecule has 2 heterocycles. The highest BCUT2D eigenvalue weighted by atomic mass is 32.1. The molecule has 0 N–H and O–H groups in total. The maximum Gasteiger partial charge on any atom is 0.222 e. The van der Waals surface area contributed by atoms with E-state index < -0.39 is 0 Å². The molecule has 1 aromatic heterocycles. The van der Waals surface area contributed by atoms with Crippen LogP contribution in [0.1, 0.15) is 38.0 Å². The van der Waals surface area contributed by atoms with Crippen molar-refractivity contribution >= 4 is 17.2 Å². The summed E-state index contributed by atoms with van der Waals surface area (Å²) < 4.78 is 0. The molecule has 2 nitrogen and oxygen atoms in total. The summed E-state index contributed by atoms with van der Waals surface area (Å²) in [6.07, 6.45) is 3.73. The maximum atomic E-state index is 12.1. The first-order chi connectivity index (χ1) is 8.66. The van der Waals surface area contributed by atoms with Crippen molar-refractivity contribution < 1.29 is 4.79 Å². The van der Waals surface area contributed by atoms with Gasteiger partial charge >= 0.3 is 0 Å². The Hall–Kier alpha value is -1.09. The first-order valence-corrected chi connectivity index (χ1v) is 7.50. The van der Waals surface area contributed by atoms with E-state index in [1.807, 2.05) is 4.90 Å². The molecule has 0 spiro atoms. The van der Waals surface area contributed by atoms with Gasteiger partial charge in [-0.05, 0) is 44.6 Å². The molecule has 1 aromatic rings. The van der Waals surface area contributed by atoms with Crippen LogP contribution in [-0.2, 0) is 11.2 Å². The van der Waals surface area contributed by atoms with Gasteiger partial charge in [-0.2, -0.15) is 0 Å². The normalized spacial score (nSPS) is 16.2. The number of rotatable bonds is 4. The zero-order valence-corrected chi connectivity index (χ0v) is 12.1. The molecule has 0 saturated carbocycles. The first-order valence-electron chi connectivity index (χ1n) is 6.62. The molecule has 0 saturated heterocycles. The van der Waals surface area contributed by atoms with Gasteiger partial charge in [-0.25, -0.2) is 0 Å². The van der Waals surface area contributed by atoms with E-state index in [-0.39, 0.29) is 0 Å². The summed E-state index contributed by atoms with van der Waals surface area (Å²) in [6, 6.07) is 4.22. The molecule has 0 aliphatic carbocycles. The van der Waals surface area contributed by atoms with Gasteiger partial charge in [0.15, 0.2) is 0 Å². The lowest BCUT2D eigenvalue weighted by Crippen LogP contribution is -2.36. The summed E-state index contributed by atoms with van der Waals surface area (Å²) in [5.41, 5.74) is 2.82. The van der Waals surface area contributed by atoms with E-state index in [0.717, 1.165) is 32.4 Å². The average Bonchev–Trinajstić information content (AvgIpc) is 2.85. The second-order valence-electron chi connectivity index (χ2n) is 5.06. The maximum absolute atomic E-state index is 12.1. The minimum atomic E-state index is 0.318. The zero-order valence-electron chi connectivity index (χ0n) is 11.2. The molecule has 0 fully saturated rings. The van der Waals surface area contributed by atoms with Crippen LogP contribution in [0.2, 0.25) is 0 Å². The highest BCUT2D eigenvalue weighted by Crippen LogP contribution is 2.18. The summed E-state index contributed by atoms with van der Waals surface area (Å²) in [6.45, 7) is 6.05. The molecular weight excluding hydrogens is 242 g/mol. The Morgan fingerprint density at radius 3 is 2.89 bits per heavy atom. The Balaban J connectivity index is 1.75. The monoisotopic (exact) mass is 263 g/mol. The topological polar surface area (TPSA) is 20.3 Å². The summed E-state index contributed by atoms with van der Waals surface area (Å²) in [4.78, 5) is 15.5. The van der Waals surface area contributed by atoms with E-state index in [0.29, 0.717) is 12.3 Å². The minimum absolute atomic E-state index is 0.318. The number of amides is 1. The fourth-order valence-corrected chi connectivity index (χ4v) is 3.01. The van der Waals surface area contributed by atoms with Crippen LogP contribution in [0.5, 0.6) is 0 Å². The van der Waals surface area contributed by atoms with Crippen molar-refractivity contribution in [1.29, 1.82) is 0 Å². The van der Waals surface area contributed by atoms with Gasteiger partial charge in [-0.3, -0.25) is 4.79 Å². The summed E-state index contributed by atoms with van der Waals surface area (Å²) in [5, 5.41) is 2.10. The number of thiophene rings is 1. The highest BCUT2D eigenvalue weighted by Gasteiger charge is 2.18. The number of nitrogens with zero attached hydrogens (tertiary/aromatic N) is 1. The number of hydrogen-bond acceptors (Lipinski definition) is 2. The van der Waals surface area contributed by atoms with Crippen LogP contribution in [-0.4, -0.2) is 23.9 Å². The highest BCUT2D eigenvalue weighted by molar-refractivity contribution is 7.09. The van der Waals surface area contributed by atoms with E-state index >= 15 is 0 Å². The third-order valence-electron chi connectivity index (χ3n) is 3.66. The minimum Gasteiger partial charge on any atom is -0.338 e. The average molecular weight is 263 g/mol. The molecule has 0 unspecified atom stereocenters. The van der Waals surface area contributed by atoms with Crippen molar-refractivity contribution in [2.75, 3.05) is 13.1 Å². The van der Waals surface area contributed by atoms with Gasteiger partial charge < -0.3 is 4.90 Å². The predicted octanol–water partition coefficient (Wildman–Crippen LogP) is 3.64. The van der Waals surface area contributed by atoms with Crippen LogP contribution < -0.4 is 0 Å². The molecule has 0 atom stereocenters. The SMILES string of the molecule is CC1=C(C)CN(C(=O)CCCc2cccs2)CC1. The molecule has 1 aliphatic heterocycles. The second kappa shape index (κ2) is 6.19. The molecule has 0 bridgehead atoms. The van der Waals surface area contributed by atoms with Crippen LogP contribution in [0.15, 0.2) is 28.7 Å². The van der Waals surface area contributed by atoms with Crippen molar-refractivity contribution in [2.45, 2.75) is 39.5 Å². The number of carbonyl (C=O) groups is 1. The van der Waals surface area contributed by atoms with E-state index in [4.69, 9.17) is 0 Å². The molecular formula is C15H21NOS. The van der Waals surface area contributed by atoms with Crippen LogP contribution in [0.25, 0.3) is 0 Å². The van der Waals surface area contributed by atoms with E-state index in [1.165, 1.54) is 16.0 Å². The molecule has 1 aliphatic rings. The Morgan fingerprint density at radius 2 is 2.22 bits per heavy atom. The molecule has 0 aromatic carbocycles. The van der Waals surface area contributed by atoms with Crippen molar-refractivity contribution in [3.05, 3.63) is 33.5 Å². The van der Waals surface area contributed by atoms with Crippen LogP contribution >= 0.6 is 11.3 Å². The van der Waals surface area contributed by atoms with Crippen molar-refractivity contribution in [2.24, 2.45) is 0 Å². The predicted molar refractivity (Wildman–Crippen MR) is 76.8 cm³/mol. The van der Waals surface area contributed by atoms with Crippen molar-refractivity contribution in [1.82, 2.24) is 4.90 Å². The van der Waals surface area contributed by atoms with Crippen LogP contribution in [0.4, 0.5) is 0 Å². The van der Waals surface area contributed by atoms with E-state index in [2.05, 4.69) is 31.4 Å². The molecule has 18 heavy (non-hydrogen) atoms. The first kappa shape index (κ1) is 13.3. The van der Waals surface area contributed by atoms with Gasteiger partial charge in [0.25, 0.3) is 0 Å². The van der Waals surface area contributed by atoms with Gasteiger partial charge in [0, 0.05) is 24.4 Å².